The summed E-state index contributed by atoms with van der Waals surface area (Å²) in [4.78, 5) is 12.8. The van der Waals surface area contributed by atoms with Crippen molar-refractivity contribution in [3.05, 3.63) is 99.3 Å². The molecule has 0 atom stereocenters. The zero-order valence-electron chi connectivity index (χ0n) is 19.0. The van der Waals surface area contributed by atoms with E-state index in [1.165, 1.54) is 24.4 Å². The van der Waals surface area contributed by atoms with Crippen molar-refractivity contribution in [3.63, 3.8) is 0 Å². The zero-order valence-corrected chi connectivity index (χ0v) is 20.6. The van der Waals surface area contributed by atoms with E-state index in [1.54, 1.807) is 56.3 Å². The third kappa shape index (κ3) is 6.50. The molecule has 178 valence electrons. The molecule has 0 spiro atoms. The third-order valence-electron chi connectivity index (χ3n) is 5.05. The van der Waals surface area contributed by atoms with Crippen LogP contribution in [-0.2, 0) is 21.4 Å². The standard InChI is InChI=1S/C25H25ClFN3O3S/c1-17-11-18(2)25(19(3)12-17)34(32,33)30(15-20-7-9-22(26)10-8-20)16-24(31)29-28-14-21-5-4-6-23(27)13-21/h4-14H,15-16H2,1-3H3,(H,29,31)/b28-14+. The summed E-state index contributed by atoms with van der Waals surface area (Å²) < 4.78 is 41.7. The molecule has 0 aliphatic carbocycles. The summed E-state index contributed by atoms with van der Waals surface area (Å²) >= 11 is 5.96. The summed E-state index contributed by atoms with van der Waals surface area (Å²) in [5.74, 6) is -1.06. The van der Waals surface area contributed by atoms with Crippen LogP contribution in [0.1, 0.15) is 27.8 Å². The molecule has 0 radical (unpaired) electrons. The minimum absolute atomic E-state index is 0.0344. The number of rotatable bonds is 8. The molecule has 3 aromatic carbocycles. The number of hydrazone groups is 1. The van der Waals surface area contributed by atoms with Gasteiger partial charge in [0.25, 0.3) is 5.91 Å². The molecule has 0 aliphatic heterocycles. The molecule has 9 heteroatoms. The number of amides is 1. The Balaban J connectivity index is 1.87. The molecule has 1 N–H and O–H groups in total. The molecule has 0 aliphatic rings. The van der Waals surface area contributed by atoms with Gasteiger partial charge in [0.05, 0.1) is 17.7 Å². The lowest BCUT2D eigenvalue weighted by Crippen LogP contribution is -2.39. The van der Waals surface area contributed by atoms with Crippen molar-refractivity contribution in [2.75, 3.05) is 6.54 Å². The number of hydrogen-bond donors (Lipinski definition) is 1. The van der Waals surface area contributed by atoms with Gasteiger partial charge in [-0.05, 0) is 67.3 Å². The monoisotopic (exact) mass is 501 g/mol. The van der Waals surface area contributed by atoms with E-state index in [9.17, 15) is 17.6 Å². The van der Waals surface area contributed by atoms with Crippen LogP contribution in [-0.4, -0.2) is 31.4 Å². The molecule has 0 bridgehead atoms. The van der Waals surface area contributed by atoms with Crippen molar-refractivity contribution >= 4 is 33.7 Å². The molecule has 0 saturated heterocycles. The molecular weight excluding hydrogens is 477 g/mol. The van der Waals surface area contributed by atoms with E-state index in [-0.39, 0.29) is 11.4 Å². The molecule has 3 aromatic rings. The maximum Gasteiger partial charge on any atom is 0.255 e. The average Bonchev–Trinajstić information content (AvgIpc) is 2.74. The summed E-state index contributed by atoms with van der Waals surface area (Å²) in [6.45, 7) is 4.87. The van der Waals surface area contributed by atoms with Gasteiger partial charge in [0.2, 0.25) is 10.0 Å². The molecule has 0 saturated carbocycles. The minimum atomic E-state index is -4.03. The van der Waals surface area contributed by atoms with Crippen molar-refractivity contribution in [1.29, 1.82) is 0 Å². The van der Waals surface area contributed by atoms with Crippen LogP contribution < -0.4 is 5.43 Å². The topological polar surface area (TPSA) is 78.8 Å². The molecule has 0 fully saturated rings. The zero-order chi connectivity index (χ0) is 24.9. The van der Waals surface area contributed by atoms with Crippen molar-refractivity contribution in [1.82, 2.24) is 9.73 Å². The fourth-order valence-corrected chi connectivity index (χ4v) is 5.61. The second-order valence-corrected chi connectivity index (χ2v) is 10.3. The van der Waals surface area contributed by atoms with Gasteiger partial charge in [-0.3, -0.25) is 4.79 Å². The van der Waals surface area contributed by atoms with Crippen LogP contribution in [0.25, 0.3) is 0 Å². The van der Waals surface area contributed by atoms with E-state index >= 15 is 0 Å². The molecule has 6 nitrogen and oxygen atoms in total. The van der Waals surface area contributed by atoms with Gasteiger partial charge in [0.15, 0.2) is 0 Å². The second-order valence-electron chi connectivity index (χ2n) is 7.98. The van der Waals surface area contributed by atoms with Crippen LogP contribution in [0.3, 0.4) is 0 Å². The van der Waals surface area contributed by atoms with Gasteiger partial charge in [0, 0.05) is 11.6 Å². The number of carbonyl (C=O) groups is 1. The average molecular weight is 502 g/mol. The number of nitrogens with one attached hydrogen (secondary N) is 1. The van der Waals surface area contributed by atoms with E-state index < -0.39 is 28.3 Å². The van der Waals surface area contributed by atoms with Crippen LogP contribution >= 0.6 is 11.6 Å². The first-order valence-electron chi connectivity index (χ1n) is 10.5. The first-order valence-corrected chi connectivity index (χ1v) is 12.3. The summed E-state index contributed by atoms with van der Waals surface area (Å²) in [7, 11) is -4.03. The number of benzene rings is 3. The Morgan fingerprint density at radius 1 is 1.06 bits per heavy atom. The number of carbonyl (C=O) groups excluding carboxylic acids is 1. The van der Waals surface area contributed by atoms with Crippen LogP contribution in [0.15, 0.2) is 70.7 Å². The fraction of sp³-hybridized carbons (Fsp3) is 0.200. The second kappa shape index (κ2) is 10.9. The highest BCUT2D eigenvalue weighted by molar-refractivity contribution is 7.89. The Hall–Kier alpha value is -3.07. The lowest BCUT2D eigenvalue weighted by molar-refractivity contribution is -0.121. The van der Waals surface area contributed by atoms with Crippen molar-refractivity contribution in [3.8, 4) is 0 Å². The smallest absolute Gasteiger partial charge is 0.255 e. The molecule has 1 amide bonds. The molecule has 0 heterocycles. The SMILES string of the molecule is Cc1cc(C)c(S(=O)(=O)N(CC(=O)N/N=C/c2cccc(F)c2)Cc2ccc(Cl)cc2)c(C)c1. The summed E-state index contributed by atoms with van der Waals surface area (Å²) in [5.41, 5.74) is 5.59. The van der Waals surface area contributed by atoms with Crippen LogP contribution in [0.5, 0.6) is 0 Å². The Morgan fingerprint density at radius 3 is 2.32 bits per heavy atom. The highest BCUT2D eigenvalue weighted by Gasteiger charge is 2.30. The third-order valence-corrected chi connectivity index (χ3v) is 7.40. The van der Waals surface area contributed by atoms with E-state index in [2.05, 4.69) is 10.5 Å². The van der Waals surface area contributed by atoms with E-state index in [1.807, 2.05) is 6.92 Å². The minimum Gasteiger partial charge on any atom is -0.272 e. The Labute approximate surface area is 204 Å². The maximum atomic E-state index is 13.7. The van der Waals surface area contributed by atoms with E-state index in [0.29, 0.717) is 27.3 Å². The summed E-state index contributed by atoms with van der Waals surface area (Å²) in [6, 6.07) is 16.0. The Bertz CT molecular complexity index is 1300. The number of sulfonamides is 1. The summed E-state index contributed by atoms with van der Waals surface area (Å²) in [5, 5.41) is 4.35. The fourth-order valence-electron chi connectivity index (χ4n) is 3.68. The maximum absolute atomic E-state index is 13.7. The molecule has 0 unspecified atom stereocenters. The molecule has 0 aromatic heterocycles. The predicted molar refractivity (Wildman–Crippen MR) is 132 cm³/mol. The normalized spacial score (nSPS) is 11.8. The Morgan fingerprint density at radius 2 is 1.71 bits per heavy atom. The van der Waals surface area contributed by atoms with Gasteiger partial charge in [0.1, 0.15) is 5.82 Å². The number of aryl methyl sites for hydroxylation is 3. The number of nitrogens with zero attached hydrogens (tertiary/aromatic N) is 2. The van der Waals surface area contributed by atoms with Crippen molar-refractivity contribution < 1.29 is 17.6 Å². The Kier molecular flexibility index (Phi) is 8.19. The van der Waals surface area contributed by atoms with Crippen LogP contribution in [0.4, 0.5) is 4.39 Å². The van der Waals surface area contributed by atoms with Gasteiger partial charge in [-0.1, -0.05) is 53.6 Å². The van der Waals surface area contributed by atoms with E-state index in [4.69, 9.17) is 11.6 Å². The van der Waals surface area contributed by atoms with Crippen molar-refractivity contribution in [2.24, 2.45) is 5.10 Å². The predicted octanol–water partition coefficient (Wildman–Crippen LogP) is 4.75. The van der Waals surface area contributed by atoms with E-state index in [0.717, 1.165) is 9.87 Å². The lowest BCUT2D eigenvalue weighted by Gasteiger charge is -2.24. The first-order chi connectivity index (χ1) is 16.1. The largest absolute Gasteiger partial charge is 0.272 e. The highest BCUT2D eigenvalue weighted by atomic mass is 35.5. The quantitative estimate of drug-likeness (QED) is 0.357. The van der Waals surface area contributed by atoms with Gasteiger partial charge in [-0.15, -0.1) is 0 Å². The summed E-state index contributed by atoms with van der Waals surface area (Å²) in [6.07, 6.45) is 1.29. The van der Waals surface area contributed by atoms with Gasteiger partial charge < -0.3 is 0 Å². The first kappa shape index (κ1) is 25.6. The van der Waals surface area contributed by atoms with Gasteiger partial charge in [-0.25, -0.2) is 18.2 Å². The molecular formula is C25H25ClFN3O3S. The molecule has 3 rings (SSSR count). The molecule has 34 heavy (non-hydrogen) atoms. The van der Waals surface area contributed by atoms with Gasteiger partial charge in [-0.2, -0.15) is 9.41 Å². The van der Waals surface area contributed by atoms with Crippen LogP contribution in [0.2, 0.25) is 5.02 Å². The highest BCUT2D eigenvalue weighted by Crippen LogP contribution is 2.26. The number of hydrogen-bond acceptors (Lipinski definition) is 4. The van der Waals surface area contributed by atoms with Crippen molar-refractivity contribution in [2.45, 2.75) is 32.2 Å². The lowest BCUT2D eigenvalue weighted by atomic mass is 10.1. The van der Waals surface area contributed by atoms with Gasteiger partial charge >= 0.3 is 0 Å². The van der Waals surface area contributed by atoms with Crippen LogP contribution in [0, 0.1) is 26.6 Å². The number of halogens is 2.